The van der Waals surface area contributed by atoms with Crippen molar-refractivity contribution in [3.05, 3.63) is 62.9 Å². The number of pyridine rings is 2. The molecule has 1 atom stereocenters. The molecule has 4 heterocycles. The Morgan fingerprint density at radius 2 is 1.84 bits per heavy atom. The maximum absolute atomic E-state index is 13.7. The van der Waals surface area contributed by atoms with Crippen molar-refractivity contribution in [2.75, 3.05) is 6.54 Å². The van der Waals surface area contributed by atoms with Gasteiger partial charge < -0.3 is 14.0 Å². The van der Waals surface area contributed by atoms with E-state index in [1.807, 2.05) is 32.9 Å². The molecule has 0 N–H and O–H groups in total. The lowest BCUT2D eigenvalue weighted by molar-refractivity contribution is -0.187. The highest BCUT2D eigenvalue weighted by Crippen LogP contribution is 2.41. The van der Waals surface area contributed by atoms with E-state index in [4.69, 9.17) is 14.5 Å². The van der Waals surface area contributed by atoms with Crippen molar-refractivity contribution in [3.63, 3.8) is 0 Å². The second-order valence-corrected chi connectivity index (χ2v) is 11.4. The van der Waals surface area contributed by atoms with Gasteiger partial charge in [0.2, 0.25) is 0 Å². The summed E-state index contributed by atoms with van der Waals surface area (Å²) in [5.74, 6) is -0.434. The first-order chi connectivity index (χ1) is 18.1. The molecule has 202 valence electrons. The highest BCUT2D eigenvalue weighted by atomic mass is 16.6. The van der Waals surface area contributed by atoms with Crippen LogP contribution in [0.5, 0.6) is 0 Å². The predicted octanol–water partition coefficient (Wildman–Crippen LogP) is 5.17. The number of carbonyl (C=O) groups is 1. The van der Waals surface area contributed by atoms with Gasteiger partial charge in [0.25, 0.3) is 5.56 Å². The van der Waals surface area contributed by atoms with Crippen LogP contribution in [0, 0.1) is 0 Å². The molecule has 0 radical (unpaired) electrons. The van der Waals surface area contributed by atoms with Crippen LogP contribution in [0.25, 0.3) is 22.3 Å². The molecule has 3 aromatic rings. The van der Waals surface area contributed by atoms with E-state index in [-0.39, 0.29) is 18.3 Å². The summed E-state index contributed by atoms with van der Waals surface area (Å²) in [7, 11) is 0. The molecule has 7 heteroatoms. The zero-order valence-corrected chi connectivity index (χ0v) is 23.6. The molecule has 0 unspecified atom stereocenters. The first kappa shape index (κ1) is 26.6. The van der Waals surface area contributed by atoms with Gasteiger partial charge in [0, 0.05) is 35.1 Å². The van der Waals surface area contributed by atoms with Gasteiger partial charge in [-0.25, -0.2) is 9.78 Å². The third-order valence-corrected chi connectivity index (χ3v) is 8.01. The average molecular weight is 518 g/mol. The van der Waals surface area contributed by atoms with Crippen LogP contribution in [0.3, 0.4) is 0 Å². The Morgan fingerprint density at radius 1 is 1.11 bits per heavy atom. The molecule has 2 aromatic heterocycles. The molecule has 5 rings (SSSR count). The molecule has 0 spiro atoms. The molecular formula is C31H39N3O4. The number of cyclic esters (lactones) is 1. The molecule has 7 nitrogen and oxygen atoms in total. The minimum Gasteiger partial charge on any atom is -0.458 e. The lowest BCUT2D eigenvalue weighted by Gasteiger charge is -2.37. The van der Waals surface area contributed by atoms with Crippen LogP contribution < -0.4 is 5.56 Å². The molecule has 0 saturated carbocycles. The van der Waals surface area contributed by atoms with Crippen molar-refractivity contribution in [2.24, 2.45) is 0 Å². The van der Waals surface area contributed by atoms with E-state index < -0.39 is 11.6 Å². The maximum atomic E-state index is 13.7. The van der Waals surface area contributed by atoms with E-state index >= 15 is 0 Å². The fourth-order valence-electron chi connectivity index (χ4n) is 6.23. The quantitative estimate of drug-likeness (QED) is 0.300. The summed E-state index contributed by atoms with van der Waals surface area (Å²) in [5, 5.41) is 1.13. The van der Waals surface area contributed by atoms with Crippen LogP contribution in [-0.2, 0) is 39.4 Å². The third-order valence-electron chi connectivity index (χ3n) is 8.01. The van der Waals surface area contributed by atoms with Gasteiger partial charge in [0.05, 0.1) is 35.1 Å². The van der Waals surface area contributed by atoms with Crippen molar-refractivity contribution in [2.45, 2.75) is 98.2 Å². The standard InChI is InChI=1S/C31H39N3O4/c1-8-31(38-20(6)7)25-15-27-28-22(16-34(27)29(35)24(25)17-37-30(31)36)14-23-21(10-9-11-26(23)32-28)12-13-33(18(2)3)19(4)5/h9-11,14-15,18-20H,8,12-13,16-17H2,1-7H3/t31-/m0/s1. The summed E-state index contributed by atoms with van der Waals surface area (Å²) in [6, 6.07) is 11.4. The summed E-state index contributed by atoms with van der Waals surface area (Å²) in [6.07, 6.45) is 1.10. The number of benzene rings is 1. The van der Waals surface area contributed by atoms with Crippen molar-refractivity contribution < 1.29 is 14.3 Å². The molecule has 0 aliphatic carbocycles. The highest BCUT2D eigenvalue weighted by molar-refractivity contribution is 5.88. The molecular weight excluding hydrogens is 478 g/mol. The largest absolute Gasteiger partial charge is 0.458 e. The summed E-state index contributed by atoms with van der Waals surface area (Å²) >= 11 is 0. The summed E-state index contributed by atoms with van der Waals surface area (Å²) < 4.78 is 13.4. The van der Waals surface area contributed by atoms with Gasteiger partial charge in [-0.2, -0.15) is 0 Å². The lowest BCUT2D eigenvalue weighted by Crippen LogP contribution is -2.47. The van der Waals surface area contributed by atoms with Crippen LogP contribution >= 0.6 is 0 Å². The Morgan fingerprint density at radius 3 is 2.50 bits per heavy atom. The number of ether oxygens (including phenoxy) is 2. The van der Waals surface area contributed by atoms with Gasteiger partial charge in [0.1, 0.15) is 6.61 Å². The summed E-state index contributed by atoms with van der Waals surface area (Å²) in [4.78, 5) is 34.3. The van der Waals surface area contributed by atoms with Crippen LogP contribution in [0.15, 0.2) is 35.1 Å². The van der Waals surface area contributed by atoms with E-state index in [1.54, 1.807) is 4.57 Å². The Labute approximate surface area is 224 Å². The lowest BCUT2D eigenvalue weighted by atomic mass is 9.85. The third kappa shape index (κ3) is 4.26. The van der Waals surface area contributed by atoms with Gasteiger partial charge in [-0.15, -0.1) is 0 Å². The molecule has 2 aliphatic rings. The molecule has 0 saturated heterocycles. The summed E-state index contributed by atoms with van der Waals surface area (Å²) in [5.41, 5.74) is 4.43. The topological polar surface area (TPSA) is 73.7 Å². The zero-order chi connectivity index (χ0) is 27.4. The van der Waals surface area contributed by atoms with E-state index in [2.05, 4.69) is 50.8 Å². The Hall–Kier alpha value is -3.03. The Balaban J connectivity index is 1.60. The number of hydrogen-bond acceptors (Lipinski definition) is 6. The van der Waals surface area contributed by atoms with E-state index in [0.717, 1.165) is 40.8 Å². The van der Waals surface area contributed by atoms with E-state index in [1.165, 1.54) is 5.56 Å². The first-order valence-corrected chi connectivity index (χ1v) is 13.9. The van der Waals surface area contributed by atoms with Crippen LogP contribution in [-0.4, -0.2) is 45.2 Å². The maximum Gasteiger partial charge on any atom is 0.343 e. The van der Waals surface area contributed by atoms with Gasteiger partial charge in [-0.1, -0.05) is 19.1 Å². The number of nitrogens with zero attached hydrogens (tertiary/aromatic N) is 3. The second-order valence-electron chi connectivity index (χ2n) is 11.4. The average Bonchev–Trinajstić information content (AvgIpc) is 3.22. The van der Waals surface area contributed by atoms with Gasteiger partial charge in [-0.3, -0.25) is 9.69 Å². The molecule has 2 aliphatic heterocycles. The van der Waals surface area contributed by atoms with Crippen LogP contribution in [0.2, 0.25) is 0 Å². The molecule has 0 amide bonds. The fourth-order valence-corrected chi connectivity index (χ4v) is 6.23. The smallest absolute Gasteiger partial charge is 0.343 e. The van der Waals surface area contributed by atoms with E-state index in [0.29, 0.717) is 36.2 Å². The van der Waals surface area contributed by atoms with Crippen molar-refractivity contribution in [3.8, 4) is 11.4 Å². The van der Waals surface area contributed by atoms with Crippen LogP contribution in [0.4, 0.5) is 0 Å². The molecule has 1 aromatic carbocycles. The number of rotatable bonds is 8. The van der Waals surface area contributed by atoms with Gasteiger partial charge >= 0.3 is 5.97 Å². The number of aromatic nitrogens is 2. The number of carbonyl (C=O) groups excluding carboxylic acids is 1. The zero-order valence-electron chi connectivity index (χ0n) is 23.6. The predicted molar refractivity (Wildman–Crippen MR) is 149 cm³/mol. The Bertz CT molecular complexity index is 1450. The highest BCUT2D eigenvalue weighted by Gasteiger charge is 2.48. The number of hydrogen-bond donors (Lipinski definition) is 0. The van der Waals surface area contributed by atoms with Gasteiger partial charge in [-0.05, 0) is 78.1 Å². The SMILES string of the molecule is CC[C@@]1(OC(C)C)C(=O)OCc2c1cc1n(c2=O)Cc2cc3c(CCN(C(C)C)C(C)C)cccc3nc2-1. The number of fused-ring (bicyclic) bond motifs is 5. The molecule has 0 fully saturated rings. The molecule has 38 heavy (non-hydrogen) atoms. The molecule has 0 bridgehead atoms. The van der Waals surface area contributed by atoms with Gasteiger partial charge in [0.15, 0.2) is 5.60 Å². The summed E-state index contributed by atoms with van der Waals surface area (Å²) in [6.45, 7) is 16.0. The number of esters is 1. The Kier molecular flexibility index (Phi) is 6.95. The fraction of sp³-hybridized carbons (Fsp3) is 0.516. The monoisotopic (exact) mass is 517 g/mol. The second kappa shape index (κ2) is 9.93. The first-order valence-electron chi connectivity index (χ1n) is 13.9. The normalized spacial score (nSPS) is 18.4. The minimum atomic E-state index is -1.29. The minimum absolute atomic E-state index is 0.0331. The van der Waals surface area contributed by atoms with Crippen molar-refractivity contribution >= 4 is 16.9 Å². The van der Waals surface area contributed by atoms with E-state index in [9.17, 15) is 9.59 Å². The van der Waals surface area contributed by atoms with Crippen molar-refractivity contribution in [1.82, 2.24) is 14.5 Å². The van der Waals surface area contributed by atoms with Crippen molar-refractivity contribution in [1.29, 1.82) is 0 Å². The van der Waals surface area contributed by atoms with Crippen LogP contribution in [0.1, 0.15) is 77.1 Å².